The van der Waals surface area contributed by atoms with E-state index in [9.17, 15) is 0 Å². The number of pyridine rings is 1. The number of aromatic nitrogens is 2. The van der Waals surface area contributed by atoms with E-state index in [2.05, 4.69) is 270 Å². The van der Waals surface area contributed by atoms with Gasteiger partial charge in [-0.1, -0.05) is 193 Å². The zero-order chi connectivity index (χ0) is 48.6. The Bertz CT molecular complexity index is 3160. The molecule has 0 bridgehead atoms. The van der Waals surface area contributed by atoms with E-state index in [0.29, 0.717) is 11.5 Å². The maximum absolute atomic E-state index is 7.11. The molecule has 0 saturated heterocycles. The first-order valence-electron chi connectivity index (χ1n) is 24.1. The summed E-state index contributed by atoms with van der Waals surface area (Å²) in [5.41, 5.74) is 12.8. The number of para-hydroxylation sites is 1. The minimum absolute atomic E-state index is 0. The summed E-state index contributed by atoms with van der Waals surface area (Å²) in [6.07, 6.45) is 4.21. The van der Waals surface area contributed by atoms with E-state index in [1.165, 1.54) is 27.8 Å². The van der Waals surface area contributed by atoms with Crippen LogP contribution in [0.4, 0.5) is 11.4 Å². The summed E-state index contributed by atoms with van der Waals surface area (Å²) in [7, 11) is 0. The fourth-order valence-corrected chi connectivity index (χ4v) is 9.35. The van der Waals surface area contributed by atoms with Gasteiger partial charge in [-0.3, -0.25) is 0 Å². The van der Waals surface area contributed by atoms with Crippen molar-refractivity contribution in [1.29, 1.82) is 0 Å². The minimum atomic E-state index is -0.365. The molecule has 1 aliphatic rings. The summed E-state index contributed by atoms with van der Waals surface area (Å²) in [6, 6.07) is 55.5. The van der Waals surface area contributed by atoms with Crippen molar-refractivity contribution in [3.8, 4) is 28.4 Å². The monoisotopic (exact) mass is 1090 g/mol. The smallest absolute Gasteiger partial charge is 0.135 e. The van der Waals surface area contributed by atoms with E-state index < -0.39 is 0 Å². The van der Waals surface area contributed by atoms with Gasteiger partial charge in [-0.05, 0) is 91.4 Å². The number of ether oxygens (including phenoxy) is 1. The molecule has 0 radical (unpaired) electrons. The molecule has 0 saturated carbocycles. The van der Waals surface area contributed by atoms with Crippen LogP contribution in [-0.2, 0) is 48.1 Å². The Balaban J connectivity index is 0.00000642. The summed E-state index contributed by atoms with van der Waals surface area (Å²) in [4.78, 5) is 9.59. The number of hydrogen-bond donors (Lipinski definition) is 0. The van der Waals surface area contributed by atoms with Gasteiger partial charge < -0.3 is 19.1 Å². The van der Waals surface area contributed by atoms with Gasteiger partial charge in [0, 0.05) is 61.1 Å². The molecule has 9 rings (SSSR count). The molecular weight excluding hydrogens is 1020 g/mol. The van der Waals surface area contributed by atoms with E-state index in [0.717, 1.165) is 55.8 Å². The van der Waals surface area contributed by atoms with E-state index in [-0.39, 0.29) is 48.1 Å². The number of benzene rings is 6. The van der Waals surface area contributed by atoms with E-state index >= 15 is 0 Å². The van der Waals surface area contributed by atoms with Crippen LogP contribution in [0.25, 0.3) is 38.8 Å². The third-order valence-electron chi connectivity index (χ3n) is 13.6. The van der Waals surface area contributed by atoms with Crippen LogP contribution >= 0.6 is 0 Å². The number of hydrogen-bond acceptors (Lipinski definition) is 4. The third-order valence-corrected chi connectivity index (χ3v) is 13.6. The van der Waals surface area contributed by atoms with Gasteiger partial charge in [0.2, 0.25) is 0 Å². The summed E-state index contributed by atoms with van der Waals surface area (Å²) in [5, 5.41) is 2.32. The maximum Gasteiger partial charge on any atom is 0.135 e. The fraction of sp³-hybridized carbons (Fsp3) is 0.302. The van der Waals surface area contributed by atoms with Crippen LogP contribution in [0.1, 0.15) is 125 Å². The first-order valence-corrected chi connectivity index (χ1v) is 24.1. The zero-order valence-corrected chi connectivity index (χ0v) is 45.2. The predicted molar refractivity (Wildman–Crippen MR) is 286 cm³/mol. The second-order valence-corrected chi connectivity index (χ2v) is 23.3. The Hall–Kier alpha value is -5.90. The summed E-state index contributed by atoms with van der Waals surface area (Å²) >= 11 is 0. The molecule has 1 aliphatic heterocycles. The van der Waals surface area contributed by atoms with Crippen LogP contribution in [0.15, 0.2) is 152 Å². The van der Waals surface area contributed by atoms with Crippen molar-refractivity contribution in [2.75, 3.05) is 9.80 Å². The Kier molecular flexibility index (Phi) is 13.0. The number of fused-ring (bicyclic) bond motifs is 3. The summed E-state index contributed by atoms with van der Waals surface area (Å²) in [5.74, 6) is 2.07. The van der Waals surface area contributed by atoms with Crippen molar-refractivity contribution in [3.05, 3.63) is 198 Å². The van der Waals surface area contributed by atoms with E-state index in [1.807, 2.05) is 6.20 Å². The standard InChI is InChI=1S/C63H67N4O.Pt/c1-59(2,3)45-29-30-64-57(36-45)67-54-28-22-21-27-52(54)58-53(62(10,11)12)38-51(39-55(58)67)68-50-32-43(42-23-17-15-18-24-42)31-48(37-50)65-40-56(63(13,14)44-25-19-16-20-26-44)66(41-65)49-34-46(60(4,5)6)33-47(35-49)61(7,8)9;/h15-36,38,40-41H,1-14H3;/q-3;. The van der Waals surface area contributed by atoms with Gasteiger partial charge in [-0.2, -0.15) is 0 Å². The molecule has 0 aliphatic carbocycles. The number of anilines is 2. The minimum Gasteiger partial charge on any atom is -0.509 e. The Morgan fingerprint density at radius 3 is 1.75 bits per heavy atom. The number of rotatable bonds is 8. The number of allylic oxidation sites excluding steroid dienone is 1. The largest absolute Gasteiger partial charge is 0.509 e. The van der Waals surface area contributed by atoms with Gasteiger partial charge in [0.25, 0.3) is 0 Å². The van der Waals surface area contributed by atoms with Crippen molar-refractivity contribution in [3.63, 3.8) is 0 Å². The second kappa shape index (κ2) is 18.1. The molecule has 0 fully saturated rings. The molecule has 0 N–H and O–H groups in total. The van der Waals surface area contributed by atoms with Crippen molar-refractivity contribution >= 4 is 33.2 Å². The van der Waals surface area contributed by atoms with Crippen molar-refractivity contribution in [1.82, 2.24) is 9.55 Å². The SMILES string of the molecule is CC(C)(C)c1cc(N2[CH-]N(c3[c-]c(Oc4[c-]c5c(c(C(C)(C)C)c4)c4ccccc4n5-c4cc(C(C)(C)C)ccn4)cc(-c4ccccc4)c3)C=C2C(C)(C)c2ccccc2)cc(C(C)(C)C)c1.[Pt]. The first-order chi connectivity index (χ1) is 32.0. The van der Waals surface area contributed by atoms with Crippen LogP contribution < -0.4 is 14.5 Å². The molecule has 0 spiro atoms. The molecule has 2 aromatic heterocycles. The predicted octanol–water partition coefficient (Wildman–Crippen LogP) is 16.7. The molecular formula is C63H67N4OPt-3. The van der Waals surface area contributed by atoms with Gasteiger partial charge in [0.15, 0.2) is 0 Å². The Labute approximate surface area is 426 Å². The van der Waals surface area contributed by atoms with Gasteiger partial charge in [0.05, 0.1) is 0 Å². The first kappa shape index (κ1) is 49.5. The molecule has 6 aromatic carbocycles. The van der Waals surface area contributed by atoms with Gasteiger partial charge in [-0.25, -0.2) is 4.98 Å². The maximum atomic E-state index is 7.11. The Morgan fingerprint density at radius 2 is 1.13 bits per heavy atom. The van der Waals surface area contributed by atoms with Gasteiger partial charge in [-0.15, -0.1) is 53.8 Å². The third kappa shape index (κ3) is 9.82. The van der Waals surface area contributed by atoms with Crippen LogP contribution in [0.5, 0.6) is 11.5 Å². The van der Waals surface area contributed by atoms with Crippen molar-refractivity contribution in [2.45, 2.75) is 124 Å². The van der Waals surface area contributed by atoms with Crippen LogP contribution in [0, 0.1) is 18.8 Å². The van der Waals surface area contributed by atoms with Gasteiger partial charge >= 0.3 is 0 Å². The summed E-state index contributed by atoms with van der Waals surface area (Å²) in [6.45, 7) is 34.2. The van der Waals surface area contributed by atoms with Gasteiger partial charge in [0.1, 0.15) is 5.82 Å². The van der Waals surface area contributed by atoms with E-state index in [1.54, 1.807) is 0 Å². The molecule has 0 unspecified atom stereocenters. The zero-order valence-electron chi connectivity index (χ0n) is 42.9. The van der Waals surface area contributed by atoms with E-state index in [4.69, 9.17) is 9.72 Å². The fourth-order valence-electron chi connectivity index (χ4n) is 9.35. The van der Waals surface area contributed by atoms with Crippen LogP contribution in [0.3, 0.4) is 0 Å². The molecule has 8 aromatic rings. The molecule has 0 atom stereocenters. The summed E-state index contributed by atoms with van der Waals surface area (Å²) < 4.78 is 9.37. The average Bonchev–Trinajstić information content (AvgIpc) is 3.89. The van der Waals surface area contributed by atoms with Crippen molar-refractivity contribution in [2.24, 2.45) is 0 Å². The van der Waals surface area contributed by atoms with Crippen molar-refractivity contribution < 1.29 is 25.8 Å². The molecule has 3 heterocycles. The Morgan fingerprint density at radius 1 is 0.536 bits per heavy atom. The molecule has 5 nitrogen and oxygen atoms in total. The topological polar surface area (TPSA) is 33.5 Å². The average molecular weight is 1090 g/mol. The molecule has 69 heavy (non-hydrogen) atoms. The molecule has 6 heteroatoms. The number of nitrogens with zero attached hydrogens (tertiary/aromatic N) is 4. The molecule has 358 valence electrons. The van der Waals surface area contributed by atoms with Crippen LogP contribution in [-0.4, -0.2) is 9.55 Å². The normalized spacial score (nSPS) is 13.8. The second-order valence-electron chi connectivity index (χ2n) is 23.3. The molecule has 0 amide bonds. The quantitative estimate of drug-likeness (QED) is 0.142. The van der Waals surface area contributed by atoms with Crippen LogP contribution in [0.2, 0.25) is 0 Å².